The van der Waals surface area contributed by atoms with Crippen molar-refractivity contribution in [1.29, 1.82) is 0 Å². The van der Waals surface area contributed by atoms with Crippen LogP contribution in [0.2, 0.25) is 0 Å². The van der Waals surface area contributed by atoms with Crippen molar-refractivity contribution in [2.75, 3.05) is 5.32 Å². The van der Waals surface area contributed by atoms with Gasteiger partial charge in [-0.1, -0.05) is 16.9 Å². The molecule has 0 unspecified atom stereocenters. The average molecular weight is 393 g/mol. The van der Waals surface area contributed by atoms with Crippen molar-refractivity contribution in [1.82, 2.24) is 29.9 Å². The molecule has 28 heavy (non-hydrogen) atoms. The summed E-state index contributed by atoms with van der Waals surface area (Å²) < 4.78 is 6.60. The van der Waals surface area contributed by atoms with E-state index in [-0.39, 0.29) is 5.91 Å². The standard InChI is InChI=1S/C18H15N7O2S/c1-12-7-14(24-27-12)9-28-18-15(3-2-6-20-18)17(26)23-13-4-5-16(21-8-13)25-11-19-10-22-25/h2-8,10-11H,9H2,1H3,(H,23,26). The molecule has 140 valence electrons. The second-order valence-corrected chi connectivity index (χ2v) is 6.74. The molecule has 9 nitrogen and oxygen atoms in total. The molecule has 0 saturated heterocycles. The molecule has 0 aliphatic heterocycles. The van der Waals surface area contributed by atoms with Gasteiger partial charge in [0, 0.05) is 18.0 Å². The maximum absolute atomic E-state index is 12.7. The maximum atomic E-state index is 12.7. The van der Waals surface area contributed by atoms with Crippen molar-refractivity contribution in [3.63, 3.8) is 0 Å². The molecule has 0 bridgehead atoms. The number of hydrogen-bond acceptors (Lipinski definition) is 8. The molecular formula is C18H15N7O2S. The predicted octanol–water partition coefficient (Wildman–Crippen LogP) is 2.90. The van der Waals surface area contributed by atoms with Gasteiger partial charge in [-0.05, 0) is 31.2 Å². The molecule has 0 aliphatic rings. The number of hydrogen-bond donors (Lipinski definition) is 1. The second-order valence-electron chi connectivity index (χ2n) is 5.77. The Morgan fingerprint density at radius 2 is 2.21 bits per heavy atom. The number of aromatic nitrogens is 6. The lowest BCUT2D eigenvalue weighted by atomic mass is 10.2. The molecule has 0 fully saturated rings. The number of pyridine rings is 2. The molecule has 0 spiro atoms. The fourth-order valence-electron chi connectivity index (χ4n) is 2.43. The third kappa shape index (κ3) is 4.07. The summed E-state index contributed by atoms with van der Waals surface area (Å²) in [5.41, 5.74) is 1.85. The van der Waals surface area contributed by atoms with Crippen LogP contribution in [-0.4, -0.2) is 35.8 Å². The highest BCUT2D eigenvalue weighted by molar-refractivity contribution is 7.98. The van der Waals surface area contributed by atoms with E-state index in [0.29, 0.717) is 27.8 Å². The number of carbonyl (C=O) groups is 1. The highest BCUT2D eigenvalue weighted by atomic mass is 32.2. The molecule has 4 rings (SSSR count). The summed E-state index contributed by atoms with van der Waals surface area (Å²) in [6.45, 7) is 1.84. The van der Waals surface area contributed by atoms with Gasteiger partial charge in [0.05, 0.1) is 23.1 Å². The number of rotatable bonds is 6. The molecular weight excluding hydrogens is 378 g/mol. The van der Waals surface area contributed by atoms with Crippen LogP contribution in [0.4, 0.5) is 5.69 Å². The second kappa shape index (κ2) is 8.01. The summed E-state index contributed by atoms with van der Waals surface area (Å²) in [6.07, 6.45) is 6.20. The quantitative estimate of drug-likeness (QED) is 0.498. The van der Waals surface area contributed by atoms with E-state index >= 15 is 0 Å². The molecule has 0 aromatic carbocycles. The largest absolute Gasteiger partial charge is 0.361 e. The molecule has 1 N–H and O–H groups in total. The molecule has 4 aromatic heterocycles. The van der Waals surface area contributed by atoms with Gasteiger partial charge < -0.3 is 9.84 Å². The van der Waals surface area contributed by atoms with E-state index in [1.54, 1.807) is 43.0 Å². The van der Waals surface area contributed by atoms with Crippen molar-refractivity contribution < 1.29 is 9.32 Å². The Labute approximate surface area is 164 Å². The Hall–Kier alpha value is -3.53. The van der Waals surface area contributed by atoms with Crippen LogP contribution in [0.25, 0.3) is 5.82 Å². The van der Waals surface area contributed by atoms with Gasteiger partial charge in [0.25, 0.3) is 5.91 Å². The van der Waals surface area contributed by atoms with Crippen molar-refractivity contribution >= 4 is 23.4 Å². The van der Waals surface area contributed by atoms with Gasteiger partial charge in [0.2, 0.25) is 0 Å². The van der Waals surface area contributed by atoms with Gasteiger partial charge in [-0.25, -0.2) is 19.6 Å². The fraction of sp³-hybridized carbons (Fsp3) is 0.111. The molecule has 0 aliphatic carbocycles. The number of nitrogens with zero attached hydrogens (tertiary/aromatic N) is 6. The fourth-order valence-corrected chi connectivity index (χ4v) is 3.30. The zero-order valence-corrected chi connectivity index (χ0v) is 15.6. The van der Waals surface area contributed by atoms with E-state index < -0.39 is 0 Å². The SMILES string of the molecule is Cc1cc(CSc2ncccc2C(=O)Nc2ccc(-n3cncn3)nc2)no1. The van der Waals surface area contributed by atoms with E-state index in [2.05, 4.69) is 30.5 Å². The van der Waals surface area contributed by atoms with Gasteiger partial charge in [-0.3, -0.25) is 4.79 Å². The van der Waals surface area contributed by atoms with Crippen LogP contribution in [0, 0.1) is 6.92 Å². The summed E-state index contributed by atoms with van der Waals surface area (Å²) in [7, 11) is 0. The van der Waals surface area contributed by atoms with E-state index in [9.17, 15) is 4.79 Å². The first-order valence-corrected chi connectivity index (χ1v) is 9.30. The van der Waals surface area contributed by atoms with Crippen molar-refractivity contribution in [3.8, 4) is 5.82 Å². The van der Waals surface area contributed by atoms with Crippen LogP contribution < -0.4 is 5.32 Å². The van der Waals surface area contributed by atoms with Crippen molar-refractivity contribution in [2.45, 2.75) is 17.7 Å². The van der Waals surface area contributed by atoms with Gasteiger partial charge in [-0.2, -0.15) is 5.10 Å². The highest BCUT2D eigenvalue weighted by Crippen LogP contribution is 2.25. The third-order valence-corrected chi connectivity index (χ3v) is 4.75. The molecule has 4 heterocycles. The Morgan fingerprint density at radius 3 is 2.93 bits per heavy atom. The topological polar surface area (TPSA) is 112 Å². The Kier molecular flexibility index (Phi) is 5.11. The van der Waals surface area contributed by atoms with Crippen LogP contribution in [0.1, 0.15) is 21.8 Å². The molecule has 1 amide bonds. The van der Waals surface area contributed by atoms with Gasteiger partial charge >= 0.3 is 0 Å². The summed E-state index contributed by atoms with van der Waals surface area (Å²) in [6, 6.07) is 8.82. The van der Waals surface area contributed by atoms with Crippen LogP contribution >= 0.6 is 11.8 Å². The molecule has 0 saturated carbocycles. The van der Waals surface area contributed by atoms with E-state index in [1.807, 2.05) is 13.0 Å². The summed E-state index contributed by atoms with van der Waals surface area (Å²) in [5, 5.41) is 11.4. The molecule has 0 radical (unpaired) electrons. The number of carbonyl (C=O) groups excluding carboxylic acids is 1. The van der Waals surface area contributed by atoms with Gasteiger partial charge in [0.15, 0.2) is 5.82 Å². The number of amides is 1. The number of nitrogens with one attached hydrogen (secondary N) is 1. The van der Waals surface area contributed by atoms with E-state index in [1.165, 1.54) is 22.8 Å². The van der Waals surface area contributed by atoms with Crippen LogP contribution in [0.15, 0.2) is 64.9 Å². The lowest BCUT2D eigenvalue weighted by Crippen LogP contribution is -2.14. The van der Waals surface area contributed by atoms with E-state index in [0.717, 1.165) is 11.5 Å². The lowest BCUT2D eigenvalue weighted by molar-refractivity contribution is 0.102. The normalized spacial score (nSPS) is 10.8. The monoisotopic (exact) mass is 393 g/mol. The predicted molar refractivity (Wildman–Crippen MR) is 102 cm³/mol. The molecule has 4 aromatic rings. The third-order valence-electron chi connectivity index (χ3n) is 3.71. The van der Waals surface area contributed by atoms with E-state index in [4.69, 9.17) is 4.52 Å². The first-order chi connectivity index (χ1) is 13.7. The first kappa shape index (κ1) is 17.9. The summed E-state index contributed by atoms with van der Waals surface area (Å²) >= 11 is 1.42. The Balaban J connectivity index is 1.46. The van der Waals surface area contributed by atoms with Crippen LogP contribution in [0.5, 0.6) is 0 Å². The smallest absolute Gasteiger partial charge is 0.258 e. The van der Waals surface area contributed by atoms with Crippen LogP contribution in [0.3, 0.4) is 0 Å². The lowest BCUT2D eigenvalue weighted by Gasteiger charge is -2.09. The average Bonchev–Trinajstić information content (AvgIpc) is 3.39. The summed E-state index contributed by atoms with van der Waals surface area (Å²) in [5.74, 6) is 1.65. The number of anilines is 1. The highest BCUT2D eigenvalue weighted by Gasteiger charge is 2.14. The zero-order chi connectivity index (χ0) is 19.3. The number of aryl methyl sites for hydroxylation is 1. The molecule has 0 atom stereocenters. The first-order valence-electron chi connectivity index (χ1n) is 8.31. The molecule has 10 heteroatoms. The Morgan fingerprint density at radius 1 is 1.29 bits per heavy atom. The van der Waals surface area contributed by atoms with Gasteiger partial charge in [0.1, 0.15) is 23.4 Å². The minimum absolute atomic E-state index is 0.262. The summed E-state index contributed by atoms with van der Waals surface area (Å²) in [4.78, 5) is 25.2. The van der Waals surface area contributed by atoms with Gasteiger partial charge in [-0.15, -0.1) is 0 Å². The zero-order valence-electron chi connectivity index (χ0n) is 14.8. The number of thioether (sulfide) groups is 1. The minimum atomic E-state index is -0.262. The van der Waals surface area contributed by atoms with Crippen molar-refractivity contribution in [3.05, 3.63) is 72.4 Å². The minimum Gasteiger partial charge on any atom is -0.361 e. The van der Waals surface area contributed by atoms with Crippen LogP contribution in [-0.2, 0) is 5.75 Å². The van der Waals surface area contributed by atoms with Crippen molar-refractivity contribution in [2.24, 2.45) is 0 Å². The maximum Gasteiger partial charge on any atom is 0.258 e. The Bertz CT molecular complexity index is 1080.